The smallest absolute Gasteiger partial charge is 0.358 e. The fourth-order valence-electron chi connectivity index (χ4n) is 1.70. The van der Waals surface area contributed by atoms with Crippen molar-refractivity contribution in [1.82, 2.24) is 0 Å². The molecule has 0 unspecified atom stereocenters. The minimum atomic E-state index is -0.861. The van der Waals surface area contributed by atoms with Crippen molar-refractivity contribution < 1.29 is 26.2 Å². The van der Waals surface area contributed by atoms with Crippen molar-refractivity contribution in [2.24, 2.45) is 4.74 Å². The Morgan fingerprint density at radius 1 is 0.864 bits per heavy atom. The van der Waals surface area contributed by atoms with Gasteiger partial charge in [0.05, 0.1) is 0 Å². The predicted octanol–water partition coefficient (Wildman–Crippen LogP) is 6.86. The molecule has 1 nitrogen and oxygen atoms in total. The first kappa shape index (κ1) is 31.3. The van der Waals surface area contributed by atoms with E-state index in [0.717, 1.165) is 5.66 Å². The van der Waals surface area contributed by atoms with Crippen molar-refractivity contribution >= 4 is 23.2 Å². The van der Waals surface area contributed by atoms with Crippen molar-refractivity contribution in [2.75, 3.05) is 20.4 Å². The average Bonchev–Trinajstić information content (AvgIpc) is 2.65. The summed E-state index contributed by atoms with van der Waals surface area (Å²) in [5.41, 5.74) is 0.970. The molecule has 1 radical (unpaired) electrons. The van der Waals surface area contributed by atoms with Crippen LogP contribution in [0.5, 0.6) is 0 Å². The molecule has 1 aliphatic carbocycles. The second-order valence-electron chi connectivity index (χ2n) is 8.74. The third kappa shape index (κ3) is 29.5. The number of rotatable bonds is 1. The maximum atomic E-state index is 4.51. The van der Waals surface area contributed by atoms with Crippen LogP contribution in [0.15, 0.2) is 4.74 Å². The molecule has 1 fully saturated rings. The molecule has 0 aromatic carbocycles. The van der Waals surface area contributed by atoms with Gasteiger partial charge in [-0.25, -0.2) is 0 Å². The summed E-state index contributed by atoms with van der Waals surface area (Å²) in [6.07, 6.45) is 5.78. The molecule has 5 heteroatoms. The fraction of sp³-hybridized carbons (Fsp3) is 0.824. The fourth-order valence-corrected chi connectivity index (χ4v) is 3.65. The van der Waals surface area contributed by atoms with E-state index < -0.39 is 23.2 Å². The van der Waals surface area contributed by atoms with Gasteiger partial charge in [-0.1, -0.05) is 52.1 Å². The molecule has 0 saturated heterocycles. The van der Waals surface area contributed by atoms with Gasteiger partial charge in [0, 0.05) is 7.05 Å². The van der Waals surface area contributed by atoms with Gasteiger partial charge in [-0.3, -0.25) is 0 Å². The Balaban J connectivity index is -0.000000117. The molecule has 0 bridgehead atoms. The molecule has 0 N–H and O–H groups in total. The molecular weight excluding hydrogens is 397 g/mol. The van der Waals surface area contributed by atoms with Crippen LogP contribution in [0.1, 0.15) is 25.7 Å². The summed E-state index contributed by atoms with van der Waals surface area (Å²) in [5, 5.41) is 0. The number of hydrogen-bond donors (Lipinski definition) is 0. The van der Waals surface area contributed by atoms with Gasteiger partial charge in [0.15, 0.2) is 0 Å². The van der Waals surface area contributed by atoms with Gasteiger partial charge in [0.2, 0.25) is 0 Å². The van der Waals surface area contributed by atoms with E-state index in [9.17, 15) is 0 Å². The molecule has 1 saturated carbocycles. The molecule has 0 aromatic heterocycles. The van der Waals surface area contributed by atoms with Crippen LogP contribution in [-0.4, -0.2) is 42.2 Å². The Morgan fingerprint density at radius 2 is 1.09 bits per heavy atom. The third-order valence-corrected chi connectivity index (χ3v) is 6.07. The number of nitrogens with zero attached hydrogens (tertiary/aromatic N) is 1. The van der Waals surface area contributed by atoms with Crippen molar-refractivity contribution in [3.05, 3.63) is 20.5 Å². The monoisotopic (exact) mass is 438 g/mol. The van der Waals surface area contributed by atoms with Gasteiger partial charge >= 0.3 is 26.2 Å². The zero-order chi connectivity index (χ0) is 16.6. The molecule has 0 aliphatic heterocycles. The SMILES string of the molecule is CN=P(C)(C)C1CCCC1.[CH2-][Si](C)(C)C.[CH2-][Si](C)(C)C.[CH3-].[Zr+3]. The van der Waals surface area contributed by atoms with E-state index in [2.05, 4.69) is 70.5 Å². The second kappa shape index (κ2) is 13.8. The molecule has 0 amide bonds. The molecule has 0 aromatic rings. The summed E-state index contributed by atoms with van der Waals surface area (Å²) < 4.78 is 4.51. The van der Waals surface area contributed by atoms with E-state index >= 15 is 0 Å². The van der Waals surface area contributed by atoms with Crippen LogP contribution in [0.25, 0.3) is 0 Å². The van der Waals surface area contributed by atoms with E-state index in [1.165, 1.54) is 25.7 Å². The Labute approximate surface area is 165 Å². The van der Waals surface area contributed by atoms with Gasteiger partial charge in [-0.15, -0.1) is 16.1 Å². The minimum absolute atomic E-state index is 0. The normalized spacial score (nSPS) is 15.2. The topological polar surface area (TPSA) is 12.4 Å². The molecule has 1 aliphatic rings. The molecule has 22 heavy (non-hydrogen) atoms. The van der Waals surface area contributed by atoms with Crippen molar-refractivity contribution in [3.63, 3.8) is 0 Å². The van der Waals surface area contributed by atoms with E-state index in [0.29, 0.717) is 0 Å². The quantitative estimate of drug-likeness (QED) is 0.240. The van der Waals surface area contributed by atoms with Crippen LogP contribution in [-0.2, 0) is 26.2 Å². The maximum absolute atomic E-state index is 4.51. The van der Waals surface area contributed by atoms with E-state index in [-0.39, 0.29) is 33.6 Å². The van der Waals surface area contributed by atoms with Crippen molar-refractivity contribution in [3.8, 4) is 0 Å². The molecular formula is C17H43NPSi2Zr. The van der Waals surface area contributed by atoms with Gasteiger partial charge in [-0.2, -0.15) is 0 Å². The standard InChI is InChI=1S/C8H18NP.2C4H11Si.CH3.Zr/c1-9-10(2,3)8-6-4-5-7-8;2*1-5(2,3)4;;/h8H,4-7H2,1-3H3;2*1H2,2-4H3;1H3;/q;3*-1;+3. The second-order valence-corrected chi connectivity index (χ2v) is 23.1. The number of hydrogen-bond acceptors (Lipinski definition) is 1. The predicted molar refractivity (Wildman–Crippen MR) is 113 cm³/mol. The summed E-state index contributed by atoms with van der Waals surface area (Å²) in [4.78, 5) is 0. The average molecular weight is 440 g/mol. The zero-order valence-electron chi connectivity index (χ0n) is 17.2. The van der Waals surface area contributed by atoms with Crippen LogP contribution in [0.2, 0.25) is 39.3 Å². The van der Waals surface area contributed by atoms with Crippen LogP contribution in [0.4, 0.5) is 0 Å². The molecule has 0 heterocycles. The van der Waals surface area contributed by atoms with Crippen molar-refractivity contribution in [1.29, 1.82) is 0 Å². The van der Waals surface area contributed by atoms with Crippen LogP contribution in [0.3, 0.4) is 0 Å². The minimum Gasteiger partial charge on any atom is -0.358 e. The van der Waals surface area contributed by atoms with Crippen LogP contribution < -0.4 is 0 Å². The van der Waals surface area contributed by atoms with Crippen molar-refractivity contribution in [2.45, 2.75) is 70.6 Å². The molecule has 0 spiro atoms. The van der Waals surface area contributed by atoms with E-state index in [1.54, 1.807) is 0 Å². The maximum Gasteiger partial charge on any atom is 3.00 e. The Bertz CT molecular complexity index is 271. The summed E-state index contributed by atoms with van der Waals surface area (Å²) in [6, 6.07) is 0. The molecule has 133 valence electrons. The van der Waals surface area contributed by atoms with Gasteiger partial charge < -0.3 is 25.3 Å². The zero-order valence-corrected chi connectivity index (χ0v) is 22.6. The molecule has 0 atom stereocenters. The van der Waals surface area contributed by atoms with Crippen LogP contribution in [0, 0.1) is 20.5 Å². The summed E-state index contributed by atoms with van der Waals surface area (Å²) in [6.45, 7) is 25.8. The first-order valence-corrected chi connectivity index (χ1v) is 17.9. The Kier molecular flexibility index (Phi) is 19.6. The van der Waals surface area contributed by atoms with Crippen LogP contribution >= 0.6 is 7.05 Å². The van der Waals surface area contributed by atoms with Gasteiger partial charge in [0.1, 0.15) is 0 Å². The Morgan fingerprint density at radius 3 is 1.27 bits per heavy atom. The first-order valence-electron chi connectivity index (χ1n) is 7.82. The van der Waals surface area contributed by atoms with Gasteiger partial charge in [-0.05, 0) is 38.9 Å². The van der Waals surface area contributed by atoms with Gasteiger partial charge in [0.25, 0.3) is 0 Å². The summed E-state index contributed by atoms with van der Waals surface area (Å²) in [5.74, 6) is 0. The third-order valence-electron chi connectivity index (χ3n) is 2.73. The molecule has 1 rings (SSSR count). The van der Waals surface area contributed by atoms with E-state index in [1.807, 2.05) is 7.05 Å². The summed E-state index contributed by atoms with van der Waals surface area (Å²) >= 11 is 0. The first-order chi connectivity index (χ1) is 8.67. The summed E-state index contributed by atoms with van der Waals surface area (Å²) in [7, 11) is -0.576. The largest absolute Gasteiger partial charge is 3.00 e. The Hall–Kier alpha value is 1.55. The van der Waals surface area contributed by atoms with E-state index in [4.69, 9.17) is 0 Å².